The fourth-order valence-electron chi connectivity index (χ4n) is 1.98. The topological polar surface area (TPSA) is 84.7 Å². The Morgan fingerprint density at radius 1 is 1.22 bits per heavy atom. The van der Waals surface area contributed by atoms with Gasteiger partial charge in [0.25, 0.3) is 0 Å². The molecule has 0 spiro atoms. The summed E-state index contributed by atoms with van der Waals surface area (Å²) in [5.41, 5.74) is 1.36. The first-order chi connectivity index (χ1) is 11.2. The minimum atomic E-state index is -0.362. The van der Waals surface area contributed by atoms with Crippen LogP contribution in [0.2, 0.25) is 5.02 Å². The number of pyridine rings is 1. The van der Waals surface area contributed by atoms with Crippen LogP contribution in [0.3, 0.4) is 0 Å². The Balaban J connectivity index is 1.68. The van der Waals surface area contributed by atoms with Crippen molar-refractivity contribution in [2.75, 3.05) is 5.32 Å². The van der Waals surface area contributed by atoms with Crippen molar-refractivity contribution in [2.45, 2.75) is 6.54 Å². The average Bonchev–Trinajstić information content (AvgIpc) is 3.09. The van der Waals surface area contributed by atoms with Crippen LogP contribution >= 0.6 is 11.6 Å². The molecule has 7 nitrogen and oxygen atoms in total. The van der Waals surface area contributed by atoms with Crippen molar-refractivity contribution in [3.63, 3.8) is 0 Å². The SMILES string of the molecule is O=C(NCc1ccccc1Cl)Nc1cccnc1-n1cncn1. The molecule has 0 bridgehead atoms. The number of halogens is 1. The molecule has 0 aliphatic rings. The number of carbonyl (C=O) groups is 1. The van der Waals surface area contributed by atoms with E-state index in [-0.39, 0.29) is 6.03 Å². The van der Waals surface area contributed by atoms with E-state index in [1.54, 1.807) is 24.4 Å². The molecule has 0 radical (unpaired) electrons. The van der Waals surface area contributed by atoms with E-state index in [0.717, 1.165) is 5.56 Å². The van der Waals surface area contributed by atoms with Gasteiger partial charge in [0.15, 0.2) is 5.82 Å². The summed E-state index contributed by atoms with van der Waals surface area (Å²) in [7, 11) is 0. The van der Waals surface area contributed by atoms with E-state index in [0.29, 0.717) is 23.1 Å². The second-order valence-corrected chi connectivity index (χ2v) is 5.02. The molecule has 0 saturated heterocycles. The summed E-state index contributed by atoms with van der Waals surface area (Å²) >= 11 is 6.06. The van der Waals surface area contributed by atoms with Crippen LogP contribution in [0.25, 0.3) is 5.82 Å². The Kier molecular flexibility index (Phi) is 4.49. The third-order valence-corrected chi connectivity index (χ3v) is 3.44. The largest absolute Gasteiger partial charge is 0.334 e. The van der Waals surface area contributed by atoms with E-state index in [1.165, 1.54) is 17.3 Å². The minimum absolute atomic E-state index is 0.324. The van der Waals surface area contributed by atoms with Crippen molar-refractivity contribution in [3.8, 4) is 5.82 Å². The molecule has 0 aliphatic heterocycles. The van der Waals surface area contributed by atoms with Gasteiger partial charge in [-0.1, -0.05) is 29.8 Å². The van der Waals surface area contributed by atoms with Gasteiger partial charge in [-0.05, 0) is 23.8 Å². The number of nitrogens with zero attached hydrogens (tertiary/aromatic N) is 4. The van der Waals surface area contributed by atoms with Crippen molar-refractivity contribution in [1.29, 1.82) is 0 Å². The summed E-state index contributed by atoms with van der Waals surface area (Å²) in [4.78, 5) is 20.2. The highest BCUT2D eigenvalue weighted by Gasteiger charge is 2.10. The number of aromatic nitrogens is 4. The molecule has 8 heteroatoms. The molecule has 0 aliphatic carbocycles. The van der Waals surface area contributed by atoms with Gasteiger partial charge >= 0.3 is 6.03 Å². The number of benzene rings is 1. The predicted molar refractivity (Wildman–Crippen MR) is 86.5 cm³/mol. The average molecular weight is 329 g/mol. The standard InChI is InChI=1S/C15H13ClN6O/c16-12-5-2-1-4-11(12)8-19-15(23)21-13-6-3-7-18-14(13)22-10-17-9-20-22/h1-7,9-10H,8H2,(H2,19,21,23). The maximum atomic E-state index is 12.1. The Labute approximate surface area is 137 Å². The van der Waals surface area contributed by atoms with Gasteiger partial charge in [-0.2, -0.15) is 5.10 Å². The quantitative estimate of drug-likeness (QED) is 0.771. The van der Waals surface area contributed by atoms with Gasteiger partial charge in [0, 0.05) is 17.8 Å². The van der Waals surface area contributed by atoms with Crippen molar-refractivity contribution < 1.29 is 4.79 Å². The van der Waals surface area contributed by atoms with E-state index < -0.39 is 0 Å². The first kappa shape index (κ1) is 15.0. The summed E-state index contributed by atoms with van der Waals surface area (Å²) in [6, 6.07) is 10.4. The number of nitrogens with one attached hydrogen (secondary N) is 2. The van der Waals surface area contributed by atoms with Gasteiger partial charge in [0.1, 0.15) is 12.7 Å². The van der Waals surface area contributed by atoms with Crippen LogP contribution in [-0.2, 0) is 6.54 Å². The van der Waals surface area contributed by atoms with E-state index in [2.05, 4.69) is 25.7 Å². The molecule has 116 valence electrons. The van der Waals surface area contributed by atoms with E-state index in [1.807, 2.05) is 18.2 Å². The molecule has 2 amide bonds. The highest BCUT2D eigenvalue weighted by Crippen LogP contribution is 2.16. The zero-order chi connectivity index (χ0) is 16.1. The molecule has 2 aromatic heterocycles. The van der Waals surface area contributed by atoms with Crippen LogP contribution in [0.1, 0.15) is 5.56 Å². The van der Waals surface area contributed by atoms with Crippen LogP contribution in [0.15, 0.2) is 55.2 Å². The molecule has 3 rings (SSSR count). The van der Waals surface area contributed by atoms with Crippen LogP contribution in [0.4, 0.5) is 10.5 Å². The lowest BCUT2D eigenvalue weighted by molar-refractivity contribution is 0.251. The van der Waals surface area contributed by atoms with E-state index in [4.69, 9.17) is 11.6 Å². The molecule has 1 aromatic carbocycles. The van der Waals surface area contributed by atoms with Gasteiger partial charge in [0.2, 0.25) is 0 Å². The monoisotopic (exact) mass is 328 g/mol. The predicted octanol–water partition coefficient (Wildman–Crippen LogP) is 2.64. The zero-order valence-electron chi connectivity index (χ0n) is 12.0. The molecule has 0 atom stereocenters. The van der Waals surface area contributed by atoms with Crippen molar-refractivity contribution in [1.82, 2.24) is 25.1 Å². The molecule has 0 fully saturated rings. The molecular formula is C15H13ClN6O. The smallest absolute Gasteiger partial charge is 0.319 e. The molecule has 0 unspecified atom stereocenters. The summed E-state index contributed by atoms with van der Waals surface area (Å²) in [6.45, 7) is 0.324. The van der Waals surface area contributed by atoms with Crippen molar-refractivity contribution in [3.05, 3.63) is 65.8 Å². The molecule has 3 aromatic rings. The number of rotatable bonds is 4. The fourth-order valence-corrected chi connectivity index (χ4v) is 2.18. The number of hydrogen-bond acceptors (Lipinski definition) is 4. The van der Waals surface area contributed by atoms with E-state index in [9.17, 15) is 4.79 Å². The Hall–Kier alpha value is -2.93. The molecule has 23 heavy (non-hydrogen) atoms. The maximum Gasteiger partial charge on any atom is 0.319 e. The summed E-state index contributed by atoms with van der Waals surface area (Å²) < 4.78 is 1.48. The number of urea groups is 1. The third-order valence-electron chi connectivity index (χ3n) is 3.07. The lowest BCUT2D eigenvalue weighted by atomic mass is 10.2. The minimum Gasteiger partial charge on any atom is -0.334 e. The van der Waals surface area contributed by atoms with Crippen LogP contribution < -0.4 is 10.6 Å². The molecular weight excluding hydrogens is 316 g/mol. The first-order valence-corrected chi connectivity index (χ1v) is 7.20. The molecule has 0 saturated carbocycles. The second-order valence-electron chi connectivity index (χ2n) is 4.61. The van der Waals surface area contributed by atoms with Crippen molar-refractivity contribution in [2.24, 2.45) is 0 Å². The van der Waals surface area contributed by atoms with Crippen molar-refractivity contribution >= 4 is 23.3 Å². The third kappa shape index (κ3) is 3.64. The van der Waals surface area contributed by atoms with E-state index >= 15 is 0 Å². The second kappa shape index (κ2) is 6.89. The van der Waals surface area contributed by atoms with Gasteiger partial charge in [-0.3, -0.25) is 0 Å². The first-order valence-electron chi connectivity index (χ1n) is 6.82. The van der Waals surface area contributed by atoms with Gasteiger partial charge in [0.05, 0.1) is 5.69 Å². The summed E-state index contributed by atoms with van der Waals surface area (Å²) in [6.07, 6.45) is 4.52. The fraction of sp³-hybridized carbons (Fsp3) is 0.0667. The maximum absolute atomic E-state index is 12.1. The summed E-state index contributed by atoms with van der Waals surface area (Å²) in [5.74, 6) is 0.484. The number of carbonyl (C=O) groups excluding carboxylic acids is 1. The Morgan fingerprint density at radius 3 is 2.87 bits per heavy atom. The van der Waals surface area contributed by atoms with Crippen LogP contribution in [0.5, 0.6) is 0 Å². The van der Waals surface area contributed by atoms with Gasteiger partial charge in [-0.25, -0.2) is 19.4 Å². The van der Waals surface area contributed by atoms with Crippen LogP contribution in [-0.4, -0.2) is 25.8 Å². The molecule has 2 heterocycles. The van der Waals surface area contributed by atoms with Crippen LogP contribution in [0, 0.1) is 0 Å². The summed E-state index contributed by atoms with van der Waals surface area (Å²) in [5, 5.41) is 10.1. The van der Waals surface area contributed by atoms with Gasteiger partial charge < -0.3 is 10.6 Å². The highest BCUT2D eigenvalue weighted by atomic mass is 35.5. The Morgan fingerprint density at radius 2 is 2.09 bits per heavy atom. The number of amides is 2. The lowest BCUT2D eigenvalue weighted by Crippen LogP contribution is -2.29. The zero-order valence-corrected chi connectivity index (χ0v) is 12.7. The number of anilines is 1. The molecule has 2 N–H and O–H groups in total. The Bertz CT molecular complexity index is 805. The number of hydrogen-bond donors (Lipinski definition) is 2. The normalized spacial score (nSPS) is 10.3. The lowest BCUT2D eigenvalue weighted by Gasteiger charge is -2.11. The highest BCUT2D eigenvalue weighted by molar-refractivity contribution is 6.31. The van der Waals surface area contributed by atoms with Gasteiger partial charge in [-0.15, -0.1) is 0 Å².